The molecule has 1 atom stereocenters. The highest BCUT2D eigenvalue weighted by molar-refractivity contribution is 5.77. The van der Waals surface area contributed by atoms with Crippen LogP contribution in [0.25, 0.3) is 0 Å². The zero-order chi connectivity index (χ0) is 12.3. The summed E-state index contributed by atoms with van der Waals surface area (Å²) in [6.45, 7) is 4.96. The first-order valence-electron chi connectivity index (χ1n) is 6.71. The average Bonchev–Trinajstić information content (AvgIpc) is 2.70. The van der Waals surface area contributed by atoms with E-state index in [1.807, 2.05) is 13.8 Å². The summed E-state index contributed by atoms with van der Waals surface area (Å²) >= 11 is 0. The molecule has 1 heterocycles. The molecule has 4 nitrogen and oxygen atoms in total. The molecule has 4 heteroatoms. The Hall–Kier alpha value is -0.610. The Morgan fingerprint density at radius 1 is 1.35 bits per heavy atom. The summed E-state index contributed by atoms with van der Waals surface area (Å²) in [4.78, 5) is 11.5. The van der Waals surface area contributed by atoms with Gasteiger partial charge in [-0.25, -0.2) is 0 Å². The Balaban J connectivity index is 1.76. The summed E-state index contributed by atoms with van der Waals surface area (Å²) in [6.07, 6.45) is 5.68. The van der Waals surface area contributed by atoms with Gasteiger partial charge in [0.15, 0.2) is 5.79 Å². The van der Waals surface area contributed by atoms with Crippen molar-refractivity contribution >= 4 is 5.91 Å². The molecule has 98 valence electrons. The number of nitrogens with one attached hydrogen (secondary N) is 1. The first-order chi connectivity index (χ1) is 8.11. The molecule has 2 rings (SSSR count). The second-order valence-corrected chi connectivity index (χ2v) is 5.42. The van der Waals surface area contributed by atoms with Crippen LogP contribution in [0.15, 0.2) is 0 Å². The highest BCUT2D eigenvalue weighted by Crippen LogP contribution is 2.37. The molecule has 0 aromatic carbocycles. The van der Waals surface area contributed by atoms with E-state index in [0.717, 1.165) is 12.8 Å². The molecule has 17 heavy (non-hydrogen) atoms. The van der Waals surface area contributed by atoms with Crippen LogP contribution in [-0.4, -0.2) is 30.9 Å². The van der Waals surface area contributed by atoms with E-state index in [1.54, 1.807) is 0 Å². The van der Waals surface area contributed by atoms with Crippen LogP contribution in [-0.2, 0) is 14.3 Å². The van der Waals surface area contributed by atoms with Crippen molar-refractivity contribution < 1.29 is 14.3 Å². The molecule has 2 aliphatic rings. The minimum absolute atomic E-state index is 0.0239. The molecule has 1 unspecified atom stereocenters. The average molecular weight is 241 g/mol. The van der Waals surface area contributed by atoms with Crippen molar-refractivity contribution in [3.8, 4) is 0 Å². The molecule has 1 amide bonds. The Morgan fingerprint density at radius 3 is 2.71 bits per heavy atom. The van der Waals surface area contributed by atoms with E-state index >= 15 is 0 Å². The molecule has 0 bridgehead atoms. The topological polar surface area (TPSA) is 47.6 Å². The predicted molar refractivity (Wildman–Crippen MR) is 64.5 cm³/mol. The molecule has 1 aliphatic carbocycles. The van der Waals surface area contributed by atoms with Crippen LogP contribution in [0.1, 0.15) is 46.0 Å². The Labute approximate surface area is 103 Å². The van der Waals surface area contributed by atoms with Crippen molar-refractivity contribution in [3.63, 3.8) is 0 Å². The first-order valence-corrected chi connectivity index (χ1v) is 6.71. The summed E-state index contributed by atoms with van der Waals surface area (Å²) in [5.74, 6) is -0.218. The molecule has 0 aromatic rings. The Kier molecular flexibility index (Phi) is 4.05. The van der Waals surface area contributed by atoms with Crippen LogP contribution in [0, 0.1) is 5.92 Å². The van der Waals surface area contributed by atoms with Crippen LogP contribution in [0.2, 0.25) is 0 Å². The molecule has 1 saturated heterocycles. The summed E-state index contributed by atoms with van der Waals surface area (Å²) in [7, 11) is 0. The van der Waals surface area contributed by atoms with Crippen LogP contribution >= 0.6 is 0 Å². The minimum atomic E-state index is -0.328. The summed E-state index contributed by atoms with van der Waals surface area (Å²) in [6, 6.07) is 0. The van der Waals surface area contributed by atoms with Gasteiger partial charge in [0.25, 0.3) is 0 Å². The van der Waals surface area contributed by atoms with E-state index in [0.29, 0.717) is 13.2 Å². The second kappa shape index (κ2) is 5.36. The monoisotopic (exact) mass is 241 g/mol. The maximum atomic E-state index is 11.5. The minimum Gasteiger partial charge on any atom is -0.353 e. The van der Waals surface area contributed by atoms with E-state index in [4.69, 9.17) is 9.47 Å². The van der Waals surface area contributed by atoms with Gasteiger partial charge in [-0.3, -0.25) is 4.79 Å². The lowest BCUT2D eigenvalue weighted by atomic mass is 9.94. The van der Waals surface area contributed by atoms with Gasteiger partial charge in [-0.2, -0.15) is 0 Å². The largest absolute Gasteiger partial charge is 0.353 e. The SMILES string of the molecule is CC(C)C(=O)NCC1COC2(CCCCC2)O1. The highest BCUT2D eigenvalue weighted by Gasteiger charge is 2.42. The van der Waals surface area contributed by atoms with E-state index in [9.17, 15) is 4.79 Å². The third-order valence-electron chi connectivity index (χ3n) is 3.56. The summed E-state index contributed by atoms with van der Waals surface area (Å²) in [5.41, 5.74) is 0. The molecular formula is C13H23NO3. The normalized spacial score (nSPS) is 27.6. The smallest absolute Gasteiger partial charge is 0.222 e. The van der Waals surface area contributed by atoms with Gasteiger partial charge in [0.05, 0.1) is 6.61 Å². The van der Waals surface area contributed by atoms with Gasteiger partial charge in [-0.15, -0.1) is 0 Å². The molecule has 1 N–H and O–H groups in total. The van der Waals surface area contributed by atoms with Crippen molar-refractivity contribution in [1.82, 2.24) is 5.32 Å². The Bertz CT molecular complexity index is 272. The number of hydrogen-bond donors (Lipinski definition) is 1. The lowest BCUT2D eigenvalue weighted by molar-refractivity contribution is -0.186. The van der Waals surface area contributed by atoms with Crippen molar-refractivity contribution in [2.75, 3.05) is 13.2 Å². The first kappa shape index (κ1) is 12.8. The third kappa shape index (κ3) is 3.19. The fraction of sp³-hybridized carbons (Fsp3) is 0.923. The number of rotatable bonds is 3. The van der Waals surface area contributed by atoms with Crippen LogP contribution in [0.5, 0.6) is 0 Å². The van der Waals surface area contributed by atoms with Gasteiger partial charge in [-0.05, 0) is 12.8 Å². The molecule has 1 aliphatic heterocycles. The molecular weight excluding hydrogens is 218 g/mol. The molecule has 2 fully saturated rings. The van der Waals surface area contributed by atoms with Gasteiger partial charge in [-0.1, -0.05) is 20.3 Å². The van der Waals surface area contributed by atoms with Crippen molar-refractivity contribution in [2.24, 2.45) is 5.92 Å². The standard InChI is InChI=1S/C13H23NO3/c1-10(2)12(15)14-8-11-9-16-13(17-11)6-4-3-5-7-13/h10-11H,3-9H2,1-2H3,(H,14,15). The molecule has 1 spiro atoms. The van der Waals surface area contributed by atoms with Crippen molar-refractivity contribution in [2.45, 2.75) is 57.8 Å². The number of ether oxygens (including phenoxy) is 2. The van der Waals surface area contributed by atoms with Gasteiger partial charge in [0, 0.05) is 25.3 Å². The number of hydrogen-bond acceptors (Lipinski definition) is 3. The van der Waals surface area contributed by atoms with E-state index in [2.05, 4.69) is 5.32 Å². The summed E-state index contributed by atoms with van der Waals surface area (Å²) in [5, 5.41) is 2.90. The van der Waals surface area contributed by atoms with Crippen molar-refractivity contribution in [3.05, 3.63) is 0 Å². The van der Waals surface area contributed by atoms with E-state index in [1.165, 1.54) is 19.3 Å². The number of carbonyl (C=O) groups excluding carboxylic acids is 1. The fourth-order valence-corrected chi connectivity index (χ4v) is 2.49. The van der Waals surface area contributed by atoms with Crippen LogP contribution in [0.4, 0.5) is 0 Å². The molecule has 0 radical (unpaired) electrons. The lowest BCUT2D eigenvalue weighted by Gasteiger charge is -2.31. The lowest BCUT2D eigenvalue weighted by Crippen LogP contribution is -2.38. The van der Waals surface area contributed by atoms with Gasteiger partial charge in [0.2, 0.25) is 5.91 Å². The molecule has 0 aromatic heterocycles. The van der Waals surface area contributed by atoms with Crippen LogP contribution in [0.3, 0.4) is 0 Å². The number of carbonyl (C=O) groups is 1. The van der Waals surface area contributed by atoms with Crippen molar-refractivity contribution in [1.29, 1.82) is 0 Å². The Morgan fingerprint density at radius 2 is 2.06 bits per heavy atom. The second-order valence-electron chi connectivity index (χ2n) is 5.42. The third-order valence-corrected chi connectivity index (χ3v) is 3.56. The zero-order valence-electron chi connectivity index (χ0n) is 10.8. The fourth-order valence-electron chi connectivity index (χ4n) is 2.49. The number of amides is 1. The van der Waals surface area contributed by atoms with E-state index in [-0.39, 0.29) is 23.7 Å². The van der Waals surface area contributed by atoms with Crippen LogP contribution < -0.4 is 5.32 Å². The van der Waals surface area contributed by atoms with Gasteiger partial charge in [0.1, 0.15) is 6.10 Å². The molecule has 1 saturated carbocycles. The van der Waals surface area contributed by atoms with Gasteiger partial charge >= 0.3 is 0 Å². The maximum Gasteiger partial charge on any atom is 0.222 e. The summed E-state index contributed by atoms with van der Waals surface area (Å²) < 4.78 is 11.8. The quantitative estimate of drug-likeness (QED) is 0.820. The predicted octanol–water partition coefficient (Wildman–Crippen LogP) is 1.83. The van der Waals surface area contributed by atoms with Gasteiger partial charge < -0.3 is 14.8 Å². The highest BCUT2D eigenvalue weighted by atomic mass is 16.7. The zero-order valence-corrected chi connectivity index (χ0v) is 10.8. The van der Waals surface area contributed by atoms with E-state index < -0.39 is 0 Å². The maximum absolute atomic E-state index is 11.5.